The topological polar surface area (TPSA) is 9.23 Å². The van der Waals surface area contributed by atoms with Crippen molar-refractivity contribution in [1.82, 2.24) is 0 Å². The second-order valence-corrected chi connectivity index (χ2v) is 4.68. The van der Waals surface area contributed by atoms with Crippen molar-refractivity contribution in [3.63, 3.8) is 0 Å². The zero-order valence-electron chi connectivity index (χ0n) is 11.7. The minimum atomic E-state index is -0.691. The van der Waals surface area contributed by atoms with Crippen molar-refractivity contribution in [2.45, 2.75) is 27.4 Å². The van der Waals surface area contributed by atoms with E-state index >= 15 is 0 Å². The van der Waals surface area contributed by atoms with Gasteiger partial charge in [-0.15, -0.1) is 0 Å². The molecule has 4 heteroatoms. The van der Waals surface area contributed by atoms with Crippen LogP contribution >= 0.6 is 15.9 Å². The van der Waals surface area contributed by atoms with Crippen LogP contribution in [0.1, 0.15) is 25.0 Å². The Morgan fingerprint density at radius 3 is 2.25 bits per heavy atom. The molecule has 0 aromatic heterocycles. The first-order valence-corrected chi connectivity index (χ1v) is 7.19. The predicted molar refractivity (Wildman–Crippen MR) is 80.9 cm³/mol. The van der Waals surface area contributed by atoms with Crippen LogP contribution in [0.15, 0.2) is 40.9 Å². The summed E-state index contributed by atoms with van der Waals surface area (Å²) < 4.78 is 32.5. The molecule has 0 aliphatic heterocycles. The van der Waals surface area contributed by atoms with Crippen LogP contribution < -0.4 is 4.74 Å². The maximum atomic E-state index is 13.6. The van der Waals surface area contributed by atoms with Crippen LogP contribution in [0.25, 0.3) is 0 Å². The van der Waals surface area contributed by atoms with Crippen LogP contribution in [-0.4, -0.2) is 0 Å². The van der Waals surface area contributed by atoms with Gasteiger partial charge in [-0.2, -0.15) is 0 Å². The smallest absolute Gasteiger partial charge is 0.168 e. The molecular weight excluding hydrogens is 326 g/mol. The monoisotopic (exact) mass is 342 g/mol. The maximum absolute atomic E-state index is 13.6. The fourth-order valence-electron chi connectivity index (χ4n) is 1.61. The number of rotatable bonds is 3. The van der Waals surface area contributed by atoms with Crippen molar-refractivity contribution in [1.29, 1.82) is 0 Å². The highest BCUT2D eigenvalue weighted by Gasteiger charge is 2.15. The van der Waals surface area contributed by atoms with Gasteiger partial charge in [-0.05, 0) is 28.4 Å². The van der Waals surface area contributed by atoms with Crippen molar-refractivity contribution in [2.75, 3.05) is 0 Å². The SMILES string of the molecule is CC.Cc1c(Br)c(F)cc(F)c1OCc1ccccc1. The molecule has 0 spiro atoms. The third-order valence-corrected chi connectivity index (χ3v) is 3.55. The average Bonchev–Trinajstić information content (AvgIpc) is 2.48. The van der Waals surface area contributed by atoms with Gasteiger partial charge in [-0.1, -0.05) is 44.2 Å². The third kappa shape index (κ3) is 4.04. The Morgan fingerprint density at radius 1 is 1.05 bits per heavy atom. The molecule has 0 fully saturated rings. The molecule has 0 heterocycles. The van der Waals surface area contributed by atoms with Crippen LogP contribution in [0, 0.1) is 18.6 Å². The lowest BCUT2D eigenvalue weighted by Gasteiger charge is -2.12. The highest BCUT2D eigenvalue weighted by Crippen LogP contribution is 2.32. The first kappa shape index (κ1) is 16.6. The van der Waals surface area contributed by atoms with Crippen molar-refractivity contribution < 1.29 is 13.5 Å². The Kier molecular flexibility index (Phi) is 6.65. The van der Waals surface area contributed by atoms with Crippen LogP contribution in [0.2, 0.25) is 0 Å². The normalized spacial score (nSPS) is 9.70. The van der Waals surface area contributed by atoms with Gasteiger partial charge in [0.15, 0.2) is 11.6 Å². The molecule has 0 saturated heterocycles. The fraction of sp³-hybridized carbons (Fsp3) is 0.250. The van der Waals surface area contributed by atoms with Crippen molar-refractivity contribution in [2.24, 2.45) is 0 Å². The van der Waals surface area contributed by atoms with Gasteiger partial charge in [0, 0.05) is 11.6 Å². The summed E-state index contributed by atoms with van der Waals surface area (Å²) in [5.41, 5.74) is 1.35. The molecule has 1 nitrogen and oxygen atoms in total. The maximum Gasteiger partial charge on any atom is 0.168 e. The van der Waals surface area contributed by atoms with E-state index in [1.54, 1.807) is 6.92 Å². The molecular formula is C16H17BrF2O. The molecule has 0 atom stereocenters. The molecule has 0 radical (unpaired) electrons. The van der Waals surface area contributed by atoms with Crippen LogP contribution in [0.3, 0.4) is 0 Å². The quantitative estimate of drug-likeness (QED) is 0.655. The van der Waals surface area contributed by atoms with E-state index in [4.69, 9.17) is 4.74 Å². The van der Waals surface area contributed by atoms with Gasteiger partial charge >= 0.3 is 0 Å². The Hall–Kier alpha value is -1.42. The lowest BCUT2D eigenvalue weighted by atomic mass is 10.2. The van der Waals surface area contributed by atoms with E-state index in [2.05, 4.69) is 15.9 Å². The zero-order chi connectivity index (χ0) is 15.1. The molecule has 20 heavy (non-hydrogen) atoms. The molecule has 2 aromatic carbocycles. The summed E-state index contributed by atoms with van der Waals surface area (Å²) in [5, 5.41) is 0. The molecule has 0 saturated carbocycles. The van der Waals surface area contributed by atoms with Crippen LogP contribution in [0.5, 0.6) is 5.75 Å². The molecule has 0 amide bonds. The van der Waals surface area contributed by atoms with E-state index in [0.29, 0.717) is 5.56 Å². The number of halogens is 3. The fourth-order valence-corrected chi connectivity index (χ4v) is 1.90. The van der Waals surface area contributed by atoms with Crippen LogP contribution in [0.4, 0.5) is 8.78 Å². The minimum absolute atomic E-state index is 0.0760. The second kappa shape index (κ2) is 8.00. The van der Waals surface area contributed by atoms with Gasteiger partial charge in [-0.25, -0.2) is 8.78 Å². The molecule has 0 unspecified atom stereocenters. The van der Waals surface area contributed by atoms with Crippen molar-refractivity contribution in [3.8, 4) is 5.75 Å². The van der Waals surface area contributed by atoms with E-state index in [1.165, 1.54) is 0 Å². The van der Waals surface area contributed by atoms with Gasteiger partial charge in [0.05, 0.1) is 4.47 Å². The lowest BCUT2D eigenvalue weighted by molar-refractivity contribution is 0.286. The van der Waals surface area contributed by atoms with Crippen molar-refractivity contribution in [3.05, 3.63) is 63.6 Å². The summed E-state index contributed by atoms with van der Waals surface area (Å²) in [4.78, 5) is 0. The average molecular weight is 343 g/mol. The summed E-state index contributed by atoms with van der Waals surface area (Å²) in [5.74, 6) is -1.24. The Balaban J connectivity index is 0.000000956. The number of ether oxygens (including phenoxy) is 1. The highest BCUT2D eigenvalue weighted by atomic mass is 79.9. The Bertz CT molecular complexity index is 556. The van der Waals surface area contributed by atoms with E-state index in [0.717, 1.165) is 11.6 Å². The number of benzene rings is 2. The van der Waals surface area contributed by atoms with Gasteiger partial charge in [0.1, 0.15) is 12.4 Å². The first-order valence-electron chi connectivity index (χ1n) is 6.40. The highest BCUT2D eigenvalue weighted by molar-refractivity contribution is 9.10. The third-order valence-electron chi connectivity index (χ3n) is 2.58. The van der Waals surface area contributed by atoms with E-state index < -0.39 is 11.6 Å². The van der Waals surface area contributed by atoms with E-state index in [1.807, 2.05) is 44.2 Å². The molecule has 0 aliphatic carbocycles. The Morgan fingerprint density at radius 2 is 1.65 bits per heavy atom. The number of hydrogen-bond donors (Lipinski definition) is 0. The summed E-state index contributed by atoms with van der Waals surface area (Å²) in [6.45, 7) is 5.85. The predicted octanol–water partition coefficient (Wildman–Crippen LogP) is 5.64. The summed E-state index contributed by atoms with van der Waals surface area (Å²) in [6.07, 6.45) is 0. The lowest BCUT2D eigenvalue weighted by Crippen LogP contribution is -2.01. The molecule has 108 valence electrons. The van der Waals surface area contributed by atoms with E-state index in [-0.39, 0.29) is 16.8 Å². The Labute approximate surface area is 126 Å². The van der Waals surface area contributed by atoms with E-state index in [9.17, 15) is 8.78 Å². The molecule has 0 aliphatic rings. The number of hydrogen-bond acceptors (Lipinski definition) is 1. The van der Waals surface area contributed by atoms with Gasteiger partial charge in [0.25, 0.3) is 0 Å². The largest absolute Gasteiger partial charge is 0.486 e. The second-order valence-electron chi connectivity index (χ2n) is 3.88. The molecule has 0 bridgehead atoms. The summed E-state index contributed by atoms with van der Waals surface area (Å²) in [7, 11) is 0. The molecule has 0 N–H and O–H groups in total. The molecule has 2 aromatic rings. The zero-order valence-corrected chi connectivity index (χ0v) is 13.3. The van der Waals surface area contributed by atoms with Crippen molar-refractivity contribution >= 4 is 15.9 Å². The first-order chi connectivity index (χ1) is 9.59. The van der Waals surface area contributed by atoms with Gasteiger partial charge < -0.3 is 4.74 Å². The standard InChI is InChI=1S/C14H11BrF2O.C2H6/c1-9-13(15)11(16)7-12(17)14(9)18-8-10-5-3-2-4-6-10;1-2/h2-7H,8H2,1H3;1-2H3. The minimum Gasteiger partial charge on any atom is -0.486 e. The van der Waals surface area contributed by atoms with Crippen LogP contribution in [-0.2, 0) is 6.61 Å². The van der Waals surface area contributed by atoms with Gasteiger partial charge in [0.2, 0.25) is 0 Å². The van der Waals surface area contributed by atoms with Gasteiger partial charge in [-0.3, -0.25) is 0 Å². The summed E-state index contributed by atoms with van der Waals surface area (Å²) in [6, 6.07) is 10.2. The summed E-state index contributed by atoms with van der Waals surface area (Å²) >= 11 is 3.07. The molecule has 2 rings (SSSR count).